The van der Waals surface area contributed by atoms with Crippen LogP contribution >= 0.6 is 0 Å². The zero-order chi connectivity index (χ0) is 27.5. The highest BCUT2D eigenvalue weighted by Gasteiger charge is 2.56. The Bertz CT molecular complexity index is 1200. The summed E-state index contributed by atoms with van der Waals surface area (Å²) < 4.78 is 33.4. The third-order valence-electron chi connectivity index (χ3n) is 9.58. The van der Waals surface area contributed by atoms with E-state index in [9.17, 15) is 0 Å². The first-order valence-corrected chi connectivity index (χ1v) is 15.5. The highest BCUT2D eigenvalue weighted by atomic mass is 16.7. The van der Waals surface area contributed by atoms with E-state index >= 15 is 0 Å². The maximum absolute atomic E-state index is 7.11. The van der Waals surface area contributed by atoms with Crippen LogP contribution in [0.2, 0.25) is 0 Å². The predicted molar refractivity (Wildman–Crippen MR) is 157 cm³/mol. The van der Waals surface area contributed by atoms with Gasteiger partial charge in [0.2, 0.25) is 0 Å². The Morgan fingerprint density at radius 3 is 1.56 bits per heavy atom. The van der Waals surface area contributed by atoms with Crippen LogP contribution in [0.15, 0.2) is 91.0 Å². The van der Waals surface area contributed by atoms with Crippen molar-refractivity contribution in [3.63, 3.8) is 0 Å². The van der Waals surface area contributed by atoms with Gasteiger partial charge < -0.3 is 23.7 Å². The molecule has 8 rings (SSSR count). The maximum Gasteiger partial charge on any atom is 0.187 e. The van der Waals surface area contributed by atoms with Crippen LogP contribution in [0, 0.1) is 17.8 Å². The molecule has 41 heavy (non-hydrogen) atoms. The van der Waals surface area contributed by atoms with E-state index in [0.717, 1.165) is 53.7 Å². The first kappa shape index (κ1) is 27.3. The van der Waals surface area contributed by atoms with Gasteiger partial charge in [-0.15, -0.1) is 0 Å². The van der Waals surface area contributed by atoms with Crippen molar-refractivity contribution in [2.75, 3.05) is 6.61 Å². The molecular formula is C36H42O5. The Morgan fingerprint density at radius 1 is 0.585 bits per heavy atom. The van der Waals surface area contributed by atoms with Gasteiger partial charge >= 0.3 is 0 Å². The minimum absolute atomic E-state index is 0.0997. The highest BCUT2D eigenvalue weighted by molar-refractivity contribution is 5.15. The monoisotopic (exact) mass is 554 g/mol. The SMILES string of the molecule is c1ccc(COC[C@H]2O[C@@H](OC34CC5CC(CC(C5)C3)C4)[C@@H](OCc3ccccc3)[C@@H]2OCc2ccccc2)cc1. The van der Waals surface area contributed by atoms with Crippen molar-refractivity contribution < 1.29 is 23.7 Å². The summed E-state index contributed by atoms with van der Waals surface area (Å²) in [6, 6.07) is 30.9. The van der Waals surface area contributed by atoms with Gasteiger partial charge in [0.05, 0.1) is 32.0 Å². The Hall–Kier alpha value is -2.54. The summed E-state index contributed by atoms with van der Waals surface area (Å²) >= 11 is 0. The van der Waals surface area contributed by atoms with Crippen molar-refractivity contribution in [1.82, 2.24) is 0 Å². The maximum atomic E-state index is 7.11. The van der Waals surface area contributed by atoms with Gasteiger partial charge in [0, 0.05) is 0 Å². The lowest BCUT2D eigenvalue weighted by Crippen LogP contribution is -2.54. The van der Waals surface area contributed by atoms with Crippen LogP contribution in [0.1, 0.15) is 55.2 Å². The summed E-state index contributed by atoms with van der Waals surface area (Å²) in [4.78, 5) is 0. The van der Waals surface area contributed by atoms with E-state index in [1.165, 1.54) is 19.3 Å². The van der Waals surface area contributed by atoms with Crippen LogP contribution in [0.25, 0.3) is 0 Å². The Balaban J connectivity index is 1.11. The van der Waals surface area contributed by atoms with Crippen LogP contribution in [0.4, 0.5) is 0 Å². The van der Waals surface area contributed by atoms with E-state index in [1.807, 2.05) is 42.5 Å². The largest absolute Gasteiger partial charge is 0.374 e. The van der Waals surface area contributed by atoms with Gasteiger partial charge in [0.1, 0.15) is 18.3 Å². The lowest BCUT2D eigenvalue weighted by atomic mass is 9.54. The van der Waals surface area contributed by atoms with E-state index in [-0.39, 0.29) is 23.9 Å². The van der Waals surface area contributed by atoms with E-state index in [4.69, 9.17) is 23.7 Å². The third-order valence-corrected chi connectivity index (χ3v) is 9.58. The highest BCUT2D eigenvalue weighted by Crippen LogP contribution is 2.58. The minimum Gasteiger partial charge on any atom is -0.374 e. The third kappa shape index (κ3) is 6.45. The quantitative estimate of drug-likeness (QED) is 0.239. The molecule has 4 bridgehead atoms. The van der Waals surface area contributed by atoms with Gasteiger partial charge in [0.15, 0.2) is 6.29 Å². The Labute approximate surface area is 244 Å². The zero-order valence-corrected chi connectivity index (χ0v) is 23.8. The average molecular weight is 555 g/mol. The molecule has 0 radical (unpaired) electrons. The fraction of sp³-hybridized carbons (Fsp3) is 0.500. The molecule has 1 heterocycles. The van der Waals surface area contributed by atoms with Crippen LogP contribution in [-0.2, 0) is 43.5 Å². The van der Waals surface area contributed by atoms with Gasteiger partial charge in [-0.05, 0) is 73.0 Å². The molecule has 4 atom stereocenters. The van der Waals surface area contributed by atoms with Crippen molar-refractivity contribution in [3.05, 3.63) is 108 Å². The number of ether oxygens (including phenoxy) is 5. The second-order valence-corrected chi connectivity index (χ2v) is 12.8. The molecule has 0 N–H and O–H groups in total. The summed E-state index contributed by atoms with van der Waals surface area (Å²) in [6.45, 7) is 1.92. The average Bonchev–Trinajstić information content (AvgIpc) is 3.30. The standard InChI is InChI=1S/C36H42O5/c1-4-10-26(11-5-1)22-37-25-32-33(38-23-27-12-6-2-7-13-27)34(39-24-28-14-8-3-9-15-28)35(40-32)41-36-19-29-16-30(20-36)18-31(17-29)21-36/h1-15,29-35H,16-25H2/t29?,30?,31?,32-,33-,34+,35+,36?/m1/s1. The molecule has 0 aromatic heterocycles. The summed E-state index contributed by atoms with van der Waals surface area (Å²) in [5.41, 5.74) is 3.30. The number of hydrogen-bond acceptors (Lipinski definition) is 5. The molecule has 5 fully saturated rings. The second kappa shape index (κ2) is 12.4. The van der Waals surface area contributed by atoms with E-state index < -0.39 is 6.29 Å². The molecule has 5 nitrogen and oxygen atoms in total. The van der Waals surface area contributed by atoms with E-state index in [0.29, 0.717) is 26.4 Å². The Kier molecular flexibility index (Phi) is 8.23. The number of hydrogen-bond donors (Lipinski definition) is 0. The topological polar surface area (TPSA) is 46.2 Å². The first-order chi connectivity index (χ1) is 20.2. The predicted octanol–water partition coefficient (Wildman–Crippen LogP) is 7.08. The van der Waals surface area contributed by atoms with Gasteiger partial charge in [-0.1, -0.05) is 91.0 Å². The smallest absolute Gasteiger partial charge is 0.187 e. The fourth-order valence-corrected chi connectivity index (χ4v) is 8.12. The van der Waals surface area contributed by atoms with E-state index in [2.05, 4.69) is 48.5 Å². The van der Waals surface area contributed by atoms with Crippen molar-refractivity contribution >= 4 is 0 Å². The number of benzene rings is 3. The van der Waals surface area contributed by atoms with Gasteiger partial charge in [0.25, 0.3) is 0 Å². The molecule has 3 aromatic rings. The lowest BCUT2D eigenvalue weighted by molar-refractivity contribution is -0.274. The molecule has 4 saturated carbocycles. The second-order valence-electron chi connectivity index (χ2n) is 12.8. The number of rotatable bonds is 12. The molecule has 5 heteroatoms. The normalized spacial score (nSPS) is 33.8. The van der Waals surface area contributed by atoms with Gasteiger partial charge in [-0.3, -0.25) is 0 Å². The molecular weight excluding hydrogens is 512 g/mol. The summed E-state index contributed by atoms with van der Waals surface area (Å²) in [5.74, 6) is 2.38. The van der Waals surface area contributed by atoms with Crippen molar-refractivity contribution in [3.8, 4) is 0 Å². The summed E-state index contributed by atoms with van der Waals surface area (Å²) in [6.07, 6.45) is 6.13. The molecule has 1 saturated heterocycles. The molecule has 3 aromatic carbocycles. The molecule has 216 valence electrons. The Morgan fingerprint density at radius 2 is 1.05 bits per heavy atom. The van der Waals surface area contributed by atoms with Crippen LogP contribution in [-0.4, -0.2) is 36.8 Å². The summed E-state index contributed by atoms with van der Waals surface area (Å²) in [5, 5.41) is 0. The van der Waals surface area contributed by atoms with E-state index in [1.54, 1.807) is 0 Å². The lowest BCUT2D eigenvalue weighted by Gasteiger charge is -2.56. The van der Waals surface area contributed by atoms with Crippen LogP contribution in [0.3, 0.4) is 0 Å². The van der Waals surface area contributed by atoms with Crippen molar-refractivity contribution in [2.24, 2.45) is 17.8 Å². The molecule has 0 unspecified atom stereocenters. The van der Waals surface area contributed by atoms with Crippen molar-refractivity contribution in [1.29, 1.82) is 0 Å². The zero-order valence-electron chi connectivity index (χ0n) is 23.8. The minimum atomic E-state index is -0.485. The van der Waals surface area contributed by atoms with Crippen LogP contribution < -0.4 is 0 Å². The van der Waals surface area contributed by atoms with Crippen molar-refractivity contribution in [2.45, 2.75) is 88.5 Å². The van der Waals surface area contributed by atoms with Gasteiger partial charge in [-0.2, -0.15) is 0 Å². The molecule has 4 aliphatic carbocycles. The van der Waals surface area contributed by atoms with Gasteiger partial charge in [-0.25, -0.2) is 0 Å². The first-order valence-electron chi connectivity index (χ1n) is 15.5. The molecule has 1 aliphatic heterocycles. The molecule has 0 amide bonds. The fourth-order valence-electron chi connectivity index (χ4n) is 8.12. The van der Waals surface area contributed by atoms with Crippen LogP contribution in [0.5, 0.6) is 0 Å². The molecule has 0 spiro atoms. The molecule has 5 aliphatic rings. The summed E-state index contributed by atoms with van der Waals surface area (Å²) in [7, 11) is 0.